The lowest BCUT2D eigenvalue weighted by atomic mass is 10.0. The number of nitrogens with zero attached hydrogens (tertiary/aromatic N) is 3. The molecule has 1 heterocycles. The minimum Gasteiger partial charge on any atom is -0.317 e. The zero-order valence-electron chi connectivity index (χ0n) is 10.0. The molecule has 90 valence electrons. The maximum atomic E-state index is 4.08. The zero-order valence-corrected chi connectivity index (χ0v) is 10.8. The molecule has 2 unspecified atom stereocenters. The Bertz CT molecular complexity index is 326. The number of rotatable bonds is 5. The molecule has 0 amide bonds. The lowest BCUT2D eigenvalue weighted by Crippen LogP contribution is -2.29. The largest absolute Gasteiger partial charge is 0.317 e. The maximum Gasteiger partial charge on any atom is 0.190 e. The van der Waals surface area contributed by atoms with Crippen molar-refractivity contribution in [1.29, 1.82) is 0 Å². The van der Waals surface area contributed by atoms with Crippen LogP contribution in [0.15, 0.2) is 11.5 Å². The van der Waals surface area contributed by atoms with E-state index in [2.05, 4.69) is 22.6 Å². The van der Waals surface area contributed by atoms with Crippen LogP contribution in [0, 0.1) is 5.92 Å². The van der Waals surface area contributed by atoms with Gasteiger partial charge in [0.1, 0.15) is 6.33 Å². The first-order valence-electron chi connectivity index (χ1n) is 5.95. The molecule has 1 aliphatic carbocycles. The Morgan fingerprint density at radius 1 is 1.56 bits per heavy atom. The van der Waals surface area contributed by atoms with Crippen molar-refractivity contribution in [3.05, 3.63) is 6.33 Å². The molecule has 0 radical (unpaired) electrons. The van der Waals surface area contributed by atoms with E-state index >= 15 is 0 Å². The van der Waals surface area contributed by atoms with Crippen LogP contribution in [-0.2, 0) is 7.05 Å². The minimum absolute atomic E-state index is 0.736. The molecule has 0 spiro atoms. The molecule has 2 atom stereocenters. The summed E-state index contributed by atoms with van der Waals surface area (Å²) in [4.78, 5) is 0. The Balaban J connectivity index is 1.74. The third-order valence-corrected chi connectivity index (χ3v) is 4.49. The van der Waals surface area contributed by atoms with E-state index < -0.39 is 0 Å². The SMILES string of the molecule is CNC1CCCC1CCSc1nncn1C. The minimum atomic E-state index is 0.736. The van der Waals surface area contributed by atoms with E-state index in [1.807, 2.05) is 23.4 Å². The van der Waals surface area contributed by atoms with Crippen molar-refractivity contribution in [3.63, 3.8) is 0 Å². The van der Waals surface area contributed by atoms with Crippen molar-refractivity contribution in [2.24, 2.45) is 13.0 Å². The summed E-state index contributed by atoms with van der Waals surface area (Å²) in [6.07, 6.45) is 7.14. The highest BCUT2D eigenvalue weighted by Crippen LogP contribution is 2.30. The number of hydrogen-bond donors (Lipinski definition) is 1. The highest BCUT2D eigenvalue weighted by molar-refractivity contribution is 7.99. The molecule has 1 saturated carbocycles. The topological polar surface area (TPSA) is 42.7 Å². The van der Waals surface area contributed by atoms with Crippen molar-refractivity contribution < 1.29 is 0 Å². The average Bonchev–Trinajstić information content (AvgIpc) is 2.88. The molecular weight excluding hydrogens is 220 g/mol. The van der Waals surface area contributed by atoms with Gasteiger partial charge < -0.3 is 9.88 Å². The molecule has 0 aliphatic heterocycles. The second-order valence-corrected chi connectivity index (χ2v) is 5.51. The molecule has 5 heteroatoms. The lowest BCUT2D eigenvalue weighted by Gasteiger charge is -2.18. The summed E-state index contributed by atoms with van der Waals surface area (Å²) in [7, 11) is 4.08. The van der Waals surface area contributed by atoms with Crippen LogP contribution < -0.4 is 5.32 Å². The van der Waals surface area contributed by atoms with Gasteiger partial charge in [-0.15, -0.1) is 10.2 Å². The Morgan fingerprint density at radius 3 is 3.12 bits per heavy atom. The zero-order chi connectivity index (χ0) is 11.4. The monoisotopic (exact) mass is 240 g/mol. The number of thioether (sulfide) groups is 1. The van der Waals surface area contributed by atoms with Crippen LogP contribution in [0.25, 0.3) is 0 Å². The fourth-order valence-electron chi connectivity index (χ4n) is 2.47. The lowest BCUT2D eigenvalue weighted by molar-refractivity contribution is 0.417. The van der Waals surface area contributed by atoms with Gasteiger partial charge in [0.15, 0.2) is 5.16 Å². The summed E-state index contributed by atoms with van der Waals surface area (Å²) in [5.74, 6) is 2.00. The summed E-state index contributed by atoms with van der Waals surface area (Å²) < 4.78 is 1.98. The molecule has 1 aliphatic rings. The summed E-state index contributed by atoms with van der Waals surface area (Å²) in [6.45, 7) is 0. The van der Waals surface area contributed by atoms with E-state index in [0.717, 1.165) is 22.9 Å². The van der Waals surface area contributed by atoms with Crippen LogP contribution >= 0.6 is 11.8 Å². The van der Waals surface area contributed by atoms with Crippen LogP contribution in [0.3, 0.4) is 0 Å². The second kappa shape index (κ2) is 5.68. The Hall–Kier alpha value is -0.550. The first-order valence-corrected chi connectivity index (χ1v) is 6.94. The predicted molar refractivity (Wildman–Crippen MR) is 66.5 cm³/mol. The third-order valence-electron chi connectivity index (χ3n) is 3.42. The van der Waals surface area contributed by atoms with Crippen LogP contribution in [0.1, 0.15) is 25.7 Å². The van der Waals surface area contributed by atoms with Crippen LogP contribution in [0.2, 0.25) is 0 Å². The van der Waals surface area contributed by atoms with Gasteiger partial charge in [-0.3, -0.25) is 0 Å². The first kappa shape index (κ1) is 11.9. The molecular formula is C11H20N4S. The van der Waals surface area contributed by atoms with Gasteiger partial charge in [0.25, 0.3) is 0 Å². The normalized spacial score (nSPS) is 25.1. The van der Waals surface area contributed by atoms with Crippen molar-refractivity contribution in [3.8, 4) is 0 Å². The van der Waals surface area contributed by atoms with Gasteiger partial charge in [-0.25, -0.2) is 0 Å². The molecule has 1 aromatic heterocycles. The number of hydrogen-bond acceptors (Lipinski definition) is 4. The van der Waals surface area contributed by atoms with Crippen LogP contribution in [0.4, 0.5) is 0 Å². The molecule has 1 N–H and O–H groups in total. The first-order chi connectivity index (χ1) is 7.81. The predicted octanol–water partition coefficient (Wildman–Crippen LogP) is 1.69. The van der Waals surface area contributed by atoms with Crippen molar-refractivity contribution in [2.45, 2.75) is 36.9 Å². The molecule has 1 fully saturated rings. The van der Waals surface area contributed by atoms with Gasteiger partial charge in [0.2, 0.25) is 0 Å². The standard InChI is InChI=1S/C11H20N4S/c1-12-10-5-3-4-9(10)6-7-16-11-14-13-8-15(11)2/h8-10,12H,3-7H2,1-2H3. The molecule has 0 aromatic carbocycles. The number of nitrogens with one attached hydrogen (secondary N) is 1. The van der Waals surface area contributed by atoms with E-state index in [1.54, 1.807) is 6.33 Å². The van der Waals surface area contributed by atoms with E-state index in [0.29, 0.717) is 0 Å². The van der Waals surface area contributed by atoms with Gasteiger partial charge in [-0.1, -0.05) is 18.2 Å². The summed E-state index contributed by atoms with van der Waals surface area (Å²) in [5.41, 5.74) is 0. The smallest absolute Gasteiger partial charge is 0.190 e. The highest BCUT2D eigenvalue weighted by atomic mass is 32.2. The van der Waals surface area contributed by atoms with E-state index in [-0.39, 0.29) is 0 Å². The van der Waals surface area contributed by atoms with Crippen molar-refractivity contribution in [2.75, 3.05) is 12.8 Å². The molecule has 16 heavy (non-hydrogen) atoms. The van der Waals surface area contributed by atoms with E-state index in [9.17, 15) is 0 Å². The Labute approximate surface area is 101 Å². The molecule has 2 rings (SSSR count). The third kappa shape index (κ3) is 2.77. The van der Waals surface area contributed by atoms with Gasteiger partial charge in [-0.2, -0.15) is 0 Å². The fraction of sp³-hybridized carbons (Fsp3) is 0.818. The van der Waals surface area contributed by atoms with Gasteiger partial charge in [-0.05, 0) is 32.2 Å². The van der Waals surface area contributed by atoms with Gasteiger partial charge in [0.05, 0.1) is 0 Å². The second-order valence-electron chi connectivity index (χ2n) is 4.45. The van der Waals surface area contributed by atoms with Gasteiger partial charge in [0, 0.05) is 18.8 Å². The van der Waals surface area contributed by atoms with Crippen molar-refractivity contribution >= 4 is 11.8 Å². The molecule has 0 bridgehead atoms. The highest BCUT2D eigenvalue weighted by Gasteiger charge is 2.25. The Kier molecular flexibility index (Phi) is 4.23. The quantitative estimate of drug-likeness (QED) is 0.795. The molecule has 1 aromatic rings. The van der Waals surface area contributed by atoms with Crippen LogP contribution in [-0.4, -0.2) is 33.6 Å². The molecule has 0 saturated heterocycles. The summed E-state index contributed by atoms with van der Waals surface area (Å²) in [6, 6.07) is 0.736. The summed E-state index contributed by atoms with van der Waals surface area (Å²) >= 11 is 1.81. The average molecular weight is 240 g/mol. The summed E-state index contributed by atoms with van der Waals surface area (Å²) in [5, 5.41) is 12.4. The molecule has 4 nitrogen and oxygen atoms in total. The fourth-order valence-corrected chi connectivity index (χ4v) is 3.43. The van der Waals surface area contributed by atoms with Crippen molar-refractivity contribution in [1.82, 2.24) is 20.1 Å². The van der Waals surface area contributed by atoms with Gasteiger partial charge >= 0.3 is 0 Å². The maximum absolute atomic E-state index is 4.08. The van der Waals surface area contributed by atoms with E-state index in [1.165, 1.54) is 25.7 Å². The van der Waals surface area contributed by atoms with E-state index in [4.69, 9.17) is 0 Å². The number of aryl methyl sites for hydroxylation is 1. The van der Waals surface area contributed by atoms with Crippen LogP contribution in [0.5, 0.6) is 0 Å². The Morgan fingerprint density at radius 2 is 2.44 bits per heavy atom. The number of aromatic nitrogens is 3.